The van der Waals surface area contributed by atoms with Gasteiger partial charge in [0.05, 0.1) is 6.04 Å². The molecule has 2 rings (SSSR count). The molecule has 1 aromatic carbocycles. The summed E-state index contributed by atoms with van der Waals surface area (Å²) in [4.78, 5) is 0. The largest absolute Gasteiger partial charge is 0.508 e. The van der Waals surface area contributed by atoms with Crippen molar-refractivity contribution in [3.05, 3.63) is 29.3 Å². The first-order valence-electron chi connectivity index (χ1n) is 6.79. The van der Waals surface area contributed by atoms with Crippen LogP contribution in [0.2, 0.25) is 0 Å². The molecule has 0 fully saturated rings. The summed E-state index contributed by atoms with van der Waals surface area (Å²) in [6.07, 6.45) is 3.05. The van der Waals surface area contributed by atoms with Crippen LogP contribution in [0.15, 0.2) is 18.2 Å². The smallest absolute Gasteiger partial charge is 0.171 e. The van der Waals surface area contributed by atoms with Crippen molar-refractivity contribution in [2.75, 3.05) is 14.2 Å². The molecule has 1 aliphatic carbocycles. The number of hydrogen-bond donors (Lipinski definition) is 2. The molecule has 0 heterocycles. The molecule has 0 saturated heterocycles. The van der Waals surface area contributed by atoms with Crippen LogP contribution in [0.4, 0.5) is 0 Å². The molecule has 4 heteroatoms. The number of aromatic hydroxyl groups is 1. The van der Waals surface area contributed by atoms with Gasteiger partial charge < -0.3 is 19.9 Å². The lowest BCUT2D eigenvalue weighted by Gasteiger charge is -2.31. The second-order valence-corrected chi connectivity index (χ2v) is 5.12. The quantitative estimate of drug-likeness (QED) is 0.803. The maximum Gasteiger partial charge on any atom is 0.171 e. The Morgan fingerprint density at radius 2 is 2.05 bits per heavy atom. The molecule has 2 N–H and O–H groups in total. The van der Waals surface area contributed by atoms with E-state index in [4.69, 9.17) is 9.47 Å². The highest BCUT2D eigenvalue weighted by Gasteiger charge is 2.25. The summed E-state index contributed by atoms with van der Waals surface area (Å²) in [5.74, 6) is 0.329. The highest BCUT2D eigenvalue weighted by molar-refractivity contribution is 5.38. The van der Waals surface area contributed by atoms with Gasteiger partial charge in [0.25, 0.3) is 0 Å². The summed E-state index contributed by atoms with van der Waals surface area (Å²) >= 11 is 0. The highest BCUT2D eigenvalue weighted by Crippen LogP contribution is 2.32. The number of benzene rings is 1. The number of aryl methyl sites for hydroxylation is 1. The molecule has 0 bridgehead atoms. The van der Waals surface area contributed by atoms with Crippen LogP contribution < -0.4 is 5.32 Å². The standard InChI is InChI=1S/C15H23NO3/c1-10(15(18-2)19-3)16-14-6-4-5-11-7-8-12(17)9-13(11)14/h7-10,14-17H,4-6H2,1-3H3. The van der Waals surface area contributed by atoms with Crippen LogP contribution in [-0.2, 0) is 15.9 Å². The first-order chi connectivity index (χ1) is 9.15. The maximum atomic E-state index is 9.66. The predicted molar refractivity (Wildman–Crippen MR) is 74.2 cm³/mol. The van der Waals surface area contributed by atoms with Crippen molar-refractivity contribution in [3.8, 4) is 5.75 Å². The van der Waals surface area contributed by atoms with Gasteiger partial charge in [0.2, 0.25) is 0 Å². The van der Waals surface area contributed by atoms with E-state index in [1.807, 2.05) is 12.1 Å². The zero-order valence-electron chi connectivity index (χ0n) is 11.8. The molecular weight excluding hydrogens is 242 g/mol. The Balaban J connectivity index is 2.13. The van der Waals surface area contributed by atoms with Gasteiger partial charge in [0, 0.05) is 20.3 Å². The molecule has 0 aromatic heterocycles. The van der Waals surface area contributed by atoms with E-state index in [2.05, 4.69) is 12.2 Å². The van der Waals surface area contributed by atoms with Gasteiger partial charge in [-0.15, -0.1) is 0 Å². The number of phenolic OH excluding ortho intramolecular Hbond substituents is 1. The number of hydrogen-bond acceptors (Lipinski definition) is 4. The van der Waals surface area contributed by atoms with Crippen molar-refractivity contribution in [1.29, 1.82) is 0 Å². The third-order valence-corrected chi connectivity index (χ3v) is 3.78. The molecule has 106 valence electrons. The summed E-state index contributed by atoms with van der Waals surface area (Å²) in [5, 5.41) is 13.2. The number of methoxy groups -OCH3 is 2. The van der Waals surface area contributed by atoms with Crippen molar-refractivity contribution in [2.24, 2.45) is 0 Å². The van der Waals surface area contributed by atoms with E-state index in [1.54, 1.807) is 20.3 Å². The van der Waals surface area contributed by atoms with E-state index in [1.165, 1.54) is 11.1 Å². The molecule has 1 aliphatic rings. The molecule has 0 amide bonds. The van der Waals surface area contributed by atoms with E-state index < -0.39 is 0 Å². The maximum absolute atomic E-state index is 9.66. The van der Waals surface area contributed by atoms with Gasteiger partial charge in [-0.05, 0) is 49.4 Å². The van der Waals surface area contributed by atoms with Crippen LogP contribution in [0, 0.1) is 0 Å². The number of phenols is 1. The molecule has 0 aliphatic heterocycles. The Labute approximate surface area is 114 Å². The van der Waals surface area contributed by atoms with Crippen molar-refractivity contribution < 1.29 is 14.6 Å². The number of rotatable bonds is 5. The summed E-state index contributed by atoms with van der Waals surface area (Å²) in [5.41, 5.74) is 2.52. The fraction of sp³-hybridized carbons (Fsp3) is 0.600. The van der Waals surface area contributed by atoms with E-state index in [9.17, 15) is 5.11 Å². The van der Waals surface area contributed by atoms with Gasteiger partial charge in [-0.2, -0.15) is 0 Å². The van der Waals surface area contributed by atoms with Crippen LogP contribution in [-0.4, -0.2) is 31.7 Å². The van der Waals surface area contributed by atoms with Crippen LogP contribution >= 0.6 is 0 Å². The van der Waals surface area contributed by atoms with Crippen LogP contribution in [0.25, 0.3) is 0 Å². The highest BCUT2D eigenvalue weighted by atomic mass is 16.7. The van der Waals surface area contributed by atoms with E-state index in [-0.39, 0.29) is 18.4 Å². The lowest BCUT2D eigenvalue weighted by atomic mass is 9.87. The van der Waals surface area contributed by atoms with Crippen molar-refractivity contribution >= 4 is 0 Å². The minimum Gasteiger partial charge on any atom is -0.508 e. The van der Waals surface area contributed by atoms with Gasteiger partial charge in [0.15, 0.2) is 6.29 Å². The number of ether oxygens (including phenoxy) is 2. The fourth-order valence-corrected chi connectivity index (χ4v) is 2.86. The average molecular weight is 265 g/mol. The van der Waals surface area contributed by atoms with Gasteiger partial charge in [0.1, 0.15) is 5.75 Å². The molecule has 2 unspecified atom stereocenters. The topological polar surface area (TPSA) is 50.7 Å². The minimum absolute atomic E-state index is 0.0910. The Bertz CT molecular complexity index is 418. The van der Waals surface area contributed by atoms with Crippen molar-refractivity contribution in [1.82, 2.24) is 5.32 Å². The van der Waals surface area contributed by atoms with E-state index >= 15 is 0 Å². The molecule has 2 atom stereocenters. The minimum atomic E-state index is -0.261. The normalized spacial score (nSPS) is 20.3. The zero-order valence-corrected chi connectivity index (χ0v) is 11.8. The second kappa shape index (κ2) is 6.37. The van der Waals surface area contributed by atoms with Crippen molar-refractivity contribution in [3.63, 3.8) is 0 Å². The monoisotopic (exact) mass is 265 g/mol. The summed E-state index contributed by atoms with van der Waals surface area (Å²) in [6.45, 7) is 2.05. The first-order valence-corrected chi connectivity index (χ1v) is 6.79. The molecule has 0 spiro atoms. The molecule has 19 heavy (non-hydrogen) atoms. The molecule has 0 saturated carbocycles. The SMILES string of the molecule is COC(OC)C(C)NC1CCCc2ccc(O)cc21. The second-order valence-electron chi connectivity index (χ2n) is 5.12. The summed E-state index contributed by atoms with van der Waals surface area (Å²) in [6, 6.07) is 5.99. The Hall–Kier alpha value is -1.10. The average Bonchev–Trinajstić information content (AvgIpc) is 2.41. The lowest BCUT2D eigenvalue weighted by molar-refractivity contribution is -0.121. The van der Waals surface area contributed by atoms with Crippen molar-refractivity contribution in [2.45, 2.75) is 44.6 Å². The lowest BCUT2D eigenvalue weighted by Crippen LogP contribution is -2.42. The molecule has 1 aromatic rings. The molecular formula is C15H23NO3. The Kier molecular flexibility index (Phi) is 4.80. The zero-order chi connectivity index (χ0) is 13.8. The van der Waals surface area contributed by atoms with Gasteiger partial charge >= 0.3 is 0 Å². The fourth-order valence-electron chi connectivity index (χ4n) is 2.86. The molecule has 4 nitrogen and oxygen atoms in total. The van der Waals surface area contributed by atoms with Crippen LogP contribution in [0.5, 0.6) is 5.75 Å². The Morgan fingerprint density at radius 3 is 2.74 bits per heavy atom. The predicted octanol–water partition coefficient (Wildman–Crippen LogP) is 2.37. The first kappa shape index (κ1) is 14.3. The van der Waals surface area contributed by atoms with E-state index in [0.717, 1.165) is 19.3 Å². The Morgan fingerprint density at radius 1 is 1.32 bits per heavy atom. The third kappa shape index (κ3) is 3.26. The van der Waals surface area contributed by atoms with E-state index in [0.29, 0.717) is 5.75 Å². The van der Waals surface area contributed by atoms with Crippen LogP contribution in [0.3, 0.4) is 0 Å². The number of nitrogens with one attached hydrogen (secondary N) is 1. The van der Waals surface area contributed by atoms with Crippen LogP contribution in [0.1, 0.15) is 36.9 Å². The third-order valence-electron chi connectivity index (χ3n) is 3.78. The van der Waals surface area contributed by atoms with Gasteiger partial charge in [-0.25, -0.2) is 0 Å². The van der Waals surface area contributed by atoms with Gasteiger partial charge in [-0.3, -0.25) is 0 Å². The van der Waals surface area contributed by atoms with Gasteiger partial charge in [-0.1, -0.05) is 6.07 Å². The summed E-state index contributed by atoms with van der Waals surface area (Å²) < 4.78 is 10.6. The molecule has 0 radical (unpaired) electrons. The summed E-state index contributed by atoms with van der Waals surface area (Å²) in [7, 11) is 3.29. The number of fused-ring (bicyclic) bond motifs is 1.